The number of rotatable bonds is 4. The number of benzene rings is 1. The molecule has 2 unspecified atom stereocenters. The summed E-state index contributed by atoms with van der Waals surface area (Å²) in [6.07, 6.45) is 7.11. The van der Waals surface area contributed by atoms with Gasteiger partial charge in [0.25, 0.3) is 0 Å². The van der Waals surface area contributed by atoms with Gasteiger partial charge in [-0.25, -0.2) is 9.97 Å². The number of thioether (sulfide) groups is 1. The summed E-state index contributed by atoms with van der Waals surface area (Å²) in [4.78, 5) is 24.6. The maximum Gasteiger partial charge on any atom is 0.224 e. The van der Waals surface area contributed by atoms with Gasteiger partial charge in [-0.15, -0.1) is 11.8 Å². The largest absolute Gasteiger partial charge is 0.332 e. The Labute approximate surface area is 140 Å². The van der Waals surface area contributed by atoms with Crippen molar-refractivity contribution in [1.29, 1.82) is 0 Å². The molecule has 2 bridgehead atoms. The fraction of sp³-hybridized carbons (Fsp3) is 0.389. The van der Waals surface area contributed by atoms with Gasteiger partial charge in [-0.2, -0.15) is 0 Å². The maximum absolute atomic E-state index is 12.7. The maximum atomic E-state index is 12.7. The summed E-state index contributed by atoms with van der Waals surface area (Å²) in [7, 11) is 0. The molecule has 1 fully saturated rings. The summed E-state index contributed by atoms with van der Waals surface area (Å²) in [6.45, 7) is 0. The summed E-state index contributed by atoms with van der Waals surface area (Å²) < 4.78 is 0. The minimum absolute atomic E-state index is 0.194. The second-order valence-electron chi connectivity index (χ2n) is 6.09. The molecule has 118 valence electrons. The van der Waals surface area contributed by atoms with Crippen molar-refractivity contribution in [3.05, 3.63) is 54.1 Å². The molecule has 23 heavy (non-hydrogen) atoms. The number of hydrogen-bond acceptors (Lipinski definition) is 4. The zero-order chi connectivity index (χ0) is 15.6. The van der Waals surface area contributed by atoms with E-state index >= 15 is 0 Å². The summed E-state index contributed by atoms with van der Waals surface area (Å²) in [6, 6.07) is 10.8. The van der Waals surface area contributed by atoms with E-state index in [-0.39, 0.29) is 11.9 Å². The zero-order valence-corrected chi connectivity index (χ0v) is 13.7. The van der Waals surface area contributed by atoms with Gasteiger partial charge < -0.3 is 4.90 Å². The smallest absolute Gasteiger partial charge is 0.224 e. The summed E-state index contributed by atoms with van der Waals surface area (Å²) in [5.41, 5.74) is 2.29. The van der Waals surface area contributed by atoms with E-state index in [0.29, 0.717) is 12.5 Å². The number of nitrogens with zero attached hydrogens (tertiary/aromatic N) is 3. The SMILES string of the molecule is O=C(CCSc1ccccc1)N1C2CCC1c1cncnc1C2. The molecule has 3 heterocycles. The topological polar surface area (TPSA) is 46.1 Å². The Hall–Kier alpha value is -1.88. The Balaban J connectivity index is 1.42. The van der Waals surface area contributed by atoms with Crippen molar-refractivity contribution in [2.24, 2.45) is 0 Å². The van der Waals surface area contributed by atoms with E-state index in [9.17, 15) is 4.79 Å². The standard InChI is InChI=1S/C18H19N3OS/c22-18(8-9-23-14-4-2-1-3-5-14)21-13-6-7-17(21)15-11-19-12-20-16(15)10-13/h1-5,11-13,17H,6-10H2. The Bertz CT molecular complexity index is 706. The van der Waals surface area contributed by atoms with Crippen LogP contribution in [0.25, 0.3) is 0 Å². The molecule has 0 spiro atoms. The first kappa shape index (κ1) is 14.7. The molecule has 2 atom stereocenters. The molecule has 4 nitrogen and oxygen atoms in total. The number of aromatic nitrogens is 2. The highest BCUT2D eigenvalue weighted by molar-refractivity contribution is 7.99. The van der Waals surface area contributed by atoms with Gasteiger partial charge in [-0.1, -0.05) is 18.2 Å². The molecule has 0 N–H and O–H groups in total. The normalized spacial score (nSPS) is 22.0. The molecule has 1 saturated heterocycles. The first-order valence-electron chi connectivity index (χ1n) is 8.11. The molecule has 4 rings (SSSR count). The highest BCUT2D eigenvalue weighted by Crippen LogP contribution is 2.43. The molecule has 1 amide bonds. The molecule has 0 aliphatic carbocycles. The molecular formula is C18H19N3OS. The lowest BCUT2D eigenvalue weighted by Gasteiger charge is -2.35. The second kappa shape index (κ2) is 6.32. The van der Waals surface area contributed by atoms with E-state index in [4.69, 9.17) is 0 Å². The lowest BCUT2D eigenvalue weighted by Crippen LogP contribution is -2.42. The van der Waals surface area contributed by atoms with Gasteiger partial charge in [0.05, 0.1) is 11.7 Å². The van der Waals surface area contributed by atoms with E-state index in [1.54, 1.807) is 18.1 Å². The van der Waals surface area contributed by atoms with Crippen LogP contribution in [-0.2, 0) is 11.2 Å². The summed E-state index contributed by atoms with van der Waals surface area (Å²) in [5.74, 6) is 1.10. The fourth-order valence-electron chi connectivity index (χ4n) is 3.71. The predicted molar refractivity (Wildman–Crippen MR) is 90.1 cm³/mol. The molecule has 2 aliphatic rings. The second-order valence-corrected chi connectivity index (χ2v) is 7.26. The van der Waals surface area contributed by atoms with E-state index in [0.717, 1.165) is 36.3 Å². The van der Waals surface area contributed by atoms with E-state index < -0.39 is 0 Å². The van der Waals surface area contributed by atoms with Gasteiger partial charge in [0.1, 0.15) is 6.33 Å². The van der Waals surface area contributed by atoms with E-state index in [2.05, 4.69) is 27.0 Å². The number of carbonyl (C=O) groups is 1. The van der Waals surface area contributed by atoms with Crippen molar-refractivity contribution >= 4 is 17.7 Å². The van der Waals surface area contributed by atoms with Crippen LogP contribution >= 0.6 is 11.8 Å². The molecule has 2 aliphatic heterocycles. The van der Waals surface area contributed by atoms with Gasteiger partial charge in [0.15, 0.2) is 0 Å². The highest BCUT2D eigenvalue weighted by atomic mass is 32.2. The van der Waals surface area contributed by atoms with Gasteiger partial charge in [0, 0.05) is 41.3 Å². The third-order valence-corrected chi connectivity index (χ3v) is 5.75. The van der Waals surface area contributed by atoms with Crippen LogP contribution in [0.5, 0.6) is 0 Å². The van der Waals surface area contributed by atoms with E-state index in [1.807, 2.05) is 24.4 Å². The van der Waals surface area contributed by atoms with Gasteiger partial charge in [-0.3, -0.25) is 4.79 Å². The van der Waals surface area contributed by atoms with Gasteiger partial charge in [-0.05, 0) is 25.0 Å². The number of fused-ring (bicyclic) bond motifs is 4. The third-order valence-electron chi connectivity index (χ3n) is 4.73. The Morgan fingerprint density at radius 1 is 1.26 bits per heavy atom. The molecule has 1 aromatic carbocycles. The average molecular weight is 325 g/mol. The summed E-state index contributed by atoms with van der Waals surface area (Å²) >= 11 is 1.75. The lowest BCUT2D eigenvalue weighted by molar-refractivity contribution is -0.134. The Kier molecular flexibility index (Phi) is 4.04. The number of hydrogen-bond donors (Lipinski definition) is 0. The molecular weight excluding hydrogens is 306 g/mol. The zero-order valence-electron chi connectivity index (χ0n) is 12.9. The monoisotopic (exact) mass is 325 g/mol. The van der Waals surface area contributed by atoms with Crippen LogP contribution in [0, 0.1) is 0 Å². The van der Waals surface area contributed by atoms with Crippen LogP contribution in [0.15, 0.2) is 47.8 Å². The number of carbonyl (C=O) groups excluding carboxylic acids is 1. The van der Waals surface area contributed by atoms with Crippen molar-refractivity contribution in [3.63, 3.8) is 0 Å². The summed E-state index contributed by atoms with van der Waals surface area (Å²) in [5, 5.41) is 0. The first-order chi connectivity index (χ1) is 11.3. The Morgan fingerprint density at radius 2 is 2.13 bits per heavy atom. The predicted octanol–water partition coefficient (Wildman–Crippen LogP) is 3.25. The number of amides is 1. The van der Waals surface area contributed by atoms with Crippen LogP contribution < -0.4 is 0 Å². The average Bonchev–Trinajstić information content (AvgIpc) is 2.91. The minimum Gasteiger partial charge on any atom is -0.332 e. The fourth-order valence-corrected chi connectivity index (χ4v) is 4.57. The third kappa shape index (κ3) is 2.85. The van der Waals surface area contributed by atoms with Crippen LogP contribution in [0.1, 0.15) is 36.6 Å². The molecule has 1 aromatic heterocycles. The van der Waals surface area contributed by atoms with Crippen molar-refractivity contribution in [2.45, 2.75) is 42.7 Å². The van der Waals surface area contributed by atoms with Crippen LogP contribution in [0.2, 0.25) is 0 Å². The molecule has 0 saturated carbocycles. The highest BCUT2D eigenvalue weighted by Gasteiger charge is 2.42. The van der Waals surface area contributed by atoms with Crippen LogP contribution in [-0.4, -0.2) is 32.6 Å². The van der Waals surface area contributed by atoms with E-state index in [1.165, 1.54) is 4.90 Å². The van der Waals surface area contributed by atoms with Crippen molar-refractivity contribution < 1.29 is 4.79 Å². The molecule has 2 aromatic rings. The van der Waals surface area contributed by atoms with Crippen molar-refractivity contribution in [3.8, 4) is 0 Å². The lowest BCUT2D eigenvalue weighted by atomic mass is 9.99. The van der Waals surface area contributed by atoms with Gasteiger partial charge in [0.2, 0.25) is 5.91 Å². The van der Waals surface area contributed by atoms with Crippen LogP contribution in [0.4, 0.5) is 0 Å². The molecule has 0 radical (unpaired) electrons. The molecule has 5 heteroatoms. The van der Waals surface area contributed by atoms with Crippen molar-refractivity contribution in [1.82, 2.24) is 14.9 Å². The Morgan fingerprint density at radius 3 is 3.00 bits per heavy atom. The quantitative estimate of drug-likeness (QED) is 0.810. The van der Waals surface area contributed by atoms with Crippen molar-refractivity contribution in [2.75, 3.05) is 5.75 Å². The minimum atomic E-state index is 0.194. The first-order valence-corrected chi connectivity index (χ1v) is 9.09. The van der Waals surface area contributed by atoms with Gasteiger partial charge >= 0.3 is 0 Å². The van der Waals surface area contributed by atoms with Crippen LogP contribution in [0.3, 0.4) is 0 Å².